The zero-order valence-electron chi connectivity index (χ0n) is 12.1. The Balaban J connectivity index is 2.27. The second kappa shape index (κ2) is 9.94. The van der Waals surface area contributed by atoms with Crippen LogP contribution in [0.5, 0.6) is 0 Å². The van der Waals surface area contributed by atoms with Gasteiger partial charge in [-0.1, -0.05) is 47.8 Å². The predicted octanol–water partition coefficient (Wildman–Crippen LogP) is 4.04. The summed E-state index contributed by atoms with van der Waals surface area (Å²) in [6.45, 7) is 3.20. The standard InChI is InChI=1S/C16H24BrNO2/c1-2-3-13(10-11-18)6-9-16(19)20-12-14-4-7-15(17)8-5-14/h4-5,7-8,13H,2-3,6,9-12,18H2,1H3. The quantitative estimate of drug-likeness (QED) is 0.689. The van der Waals surface area contributed by atoms with E-state index in [0.29, 0.717) is 25.5 Å². The van der Waals surface area contributed by atoms with Gasteiger partial charge in [-0.25, -0.2) is 0 Å². The van der Waals surface area contributed by atoms with Crippen molar-refractivity contribution in [2.24, 2.45) is 11.7 Å². The summed E-state index contributed by atoms with van der Waals surface area (Å²) in [7, 11) is 0. The Labute approximate surface area is 130 Å². The molecule has 1 aromatic carbocycles. The third kappa shape index (κ3) is 7.06. The molecule has 1 rings (SSSR count). The largest absolute Gasteiger partial charge is 0.461 e. The second-order valence-electron chi connectivity index (χ2n) is 5.06. The maximum Gasteiger partial charge on any atom is 0.306 e. The maximum absolute atomic E-state index is 11.7. The molecule has 20 heavy (non-hydrogen) atoms. The normalized spacial score (nSPS) is 12.2. The SMILES string of the molecule is CCCC(CCN)CCC(=O)OCc1ccc(Br)cc1. The first kappa shape index (κ1) is 17.2. The van der Waals surface area contributed by atoms with Crippen molar-refractivity contribution in [2.75, 3.05) is 6.54 Å². The molecule has 1 unspecified atom stereocenters. The molecular weight excluding hydrogens is 318 g/mol. The molecule has 0 aromatic heterocycles. The van der Waals surface area contributed by atoms with Gasteiger partial charge in [-0.2, -0.15) is 0 Å². The highest BCUT2D eigenvalue weighted by Crippen LogP contribution is 2.17. The van der Waals surface area contributed by atoms with E-state index < -0.39 is 0 Å². The van der Waals surface area contributed by atoms with Gasteiger partial charge in [0.2, 0.25) is 0 Å². The highest BCUT2D eigenvalue weighted by atomic mass is 79.9. The summed E-state index contributed by atoms with van der Waals surface area (Å²) < 4.78 is 6.31. The molecule has 0 radical (unpaired) electrons. The molecule has 0 heterocycles. The number of rotatable bonds is 9. The molecular formula is C16H24BrNO2. The number of carbonyl (C=O) groups excluding carboxylic acids is 1. The molecule has 112 valence electrons. The van der Waals surface area contributed by atoms with Gasteiger partial charge in [0.15, 0.2) is 0 Å². The first-order valence-corrected chi connectivity index (χ1v) is 8.05. The van der Waals surface area contributed by atoms with Crippen molar-refractivity contribution in [3.05, 3.63) is 34.3 Å². The zero-order valence-corrected chi connectivity index (χ0v) is 13.7. The molecule has 0 aliphatic heterocycles. The van der Waals surface area contributed by atoms with Crippen molar-refractivity contribution in [3.63, 3.8) is 0 Å². The minimum Gasteiger partial charge on any atom is -0.461 e. The Morgan fingerprint density at radius 3 is 2.55 bits per heavy atom. The fourth-order valence-corrected chi connectivity index (χ4v) is 2.48. The fourth-order valence-electron chi connectivity index (χ4n) is 2.22. The summed E-state index contributed by atoms with van der Waals surface area (Å²) in [4.78, 5) is 11.7. The fraction of sp³-hybridized carbons (Fsp3) is 0.562. The summed E-state index contributed by atoms with van der Waals surface area (Å²) in [5.41, 5.74) is 6.60. The van der Waals surface area contributed by atoms with Crippen LogP contribution in [0.4, 0.5) is 0 Å². The molecule has 0 aliphatic carbocycles. The first-order valence-electron chi connectivity index (χ1n) is 7.25. The molecule has 0 bridgehead atoms. The highest BCUT2D eigenvalue weighted by Gasteiger charge is 2.11. The lowest BCUT2D eigenvalue weighted by molar-refractivity contribution is -0.145. The van der Waals surface area contributed by atoms with Gasteiger partial charge in [-0.05, 0) is 43.0 Å². The molecule has 2 N–H and O–H groups in total. The molecule has 0 spiro atoms. The summed E-state index contributed by atoms with van der Waals surface area (Å²) in [6.07, 6.45) is 4.63. The number of benzene rings is 1. The van der Waals surface area contributed by atoms with E-state index >= 15 is 0 Å². The van der Waals surface area contributed by atoms with Gasteiger partial charge in [0.1, 0.15) is 6.61 Å². The Bertz CT molecular complexity index is 386. The summed E-state index contributed by atoms with van der Waals surface area (Å²) in [5.74, 6) is 0.427. The second-order valence-corrected chi connectivity index (χ2v) is 5.97. The van der Waals surface area contributed by atoms with E-state index in [2.05, 4.69) is 22.9 Å². The van der Waals surface area contributed by atoms with E-state index in [1.54, 1.807) is 0 Å². The molecule has 1 atom stereocenters. The molecule has 0 aliphatic rings. The maximum atomic E-state index is 11.7. The van der Waals surface area contributed by atoms with E-state index in [1.165, 1.54) is 0 Å². The molecule has 4 heteroatoms. The van der Waals surface area contributed by atoms with Crippen LogP contribution in [0.2, 0.25) is 0 Å². The average Bonchev–Trinajstić information content (AvgIpc) is 2.44. The smallest absolute Gasteiger partial charge is 0.306 e. The molecule has 0 fully saturated rings. The number of hydrogen-bond acceptors (Lipinski definition) is 3. The minimum absolute atomic E-state index is 0.119. The Morgan fingerprint density at radius 2 is 1.95 bits per heavy atom. The van der Waals surface area contributed by atoms with Crippen LogP contribution in [0.1, 0.15) is 44.6 Å². The summed E-state index contributed by atoms with van der Waals surface area (Å²) in [6, 6.07) is 7.79. The van der Waals surface area contributed by atoms with Crippen LogP contribution in [0.15, 0.2) is 28.7 Å². The van der Waals surface area contributed by atoms with E-state index in [-0.39, 0.29) is 5.97 Å². The third-order valence-electron chi connectivity index (χ3n) is 3.34. The van der Waals surface area contributed by atoms with Crippen molar-refractivity contribution >= 4 is 21.9 Å². The van der Waals surface area contributed by atoms with Gasteiger partial charge in [0, 0.05) is 10.9 Å². The van der Waals surface area contributed by atoms with Crippen molar-refractivity contribution < 1.29 is 9.53 Å². The molecule has 1 aromatic rings. The average molecular weight is 342 g/mol. The van der Waals surface area contributed by atoms with Crippen molar-refractivity contribution in [3.8, 4) is 0 Å². The lowest BCUT2D eigenvalue weighted by atomic mass is 9.94. The van der Waals surface area contributed by atoms with Crippen LogP contribution >= 0.6 is 15.9 Å². The van der Waals surface area contributed by atoms with E-state index in [9.17, 15) is 4.79 Å². The van der Waals surface area contributed by atoms with E-state index in [0.717, 1.165) is 35.7 Å². The Hall–Kier alpha value is -0.870. The van der Waals surface area contributed by atoms with Crippen molar-refractivity contribution in [1.29, 1.82) is 0 Å². The summed E-state index contributed by atoms with van der Waals surface area (Å²) >= 11 is 3.38. The number of nitrogens with two attached hydrogens (primary N) is 1. The topological polar surface area (TPSA) is 52.3 Å². The van der Waals surface area contributed by atoms with Gasteiger partial charge < -0.3 is 10.5 Å². The Kier molecular flexibility index (Phi) is 8.54. The lowest BCUT2D eigenvalue weighted by Crippen LogP contribution is -2.12. The van der Waals surface area contributed by atoms with Crippen molar-refractivity contribution in [2.45, 2.75) is 45.6 Å². The third-order valence-corrected chi connectivity index (χ3v) is 3.87. The van der Waals surface area contributed by atoms with Crippen LogP contribution in [0, 0.1) is 5.92 Å². The zero-order chi connectivity index (χ0) is 14.8. The number of ether oxygens (including phenoxy) is 1. The van der Waals surface area contributed by atoms with Crippen LogP contribution in [-0.4, -0.2) is 12.5 Å². The van der Waals surface area contributed by atoms with E-state index in [1.807, 2.05) is 24.3 Å². The Morgan fingerprint density at radius 1 is 1.25 bits per heavy atom. The van der Waals surface area contributed by atoms with Crippen LogP contribution in [0.3, 0.4) is 0 Å². The van der Waals surface area contributed by atoms with Crippen LogP contribution in [0.25, 0.3) is 0 Å². The predicted molar refractivity (Wildman–Crippen MR) is 85.2 cm³/mol. The number of esters is 1. The van der Waals surface area contributed by atoms with E-state index in [4.69, 9.17) is 10.5 Å². The lowest BCUT2D eigenvalue weighted by Gasteiger charge is -2.14. The van der Waals surface area contributed by atoms with Crippen molar-refractivity contribution in [1.82, 2.24) is 0 Å². The van der Waals surface area contributed by atoms with Gasteiger partial charge in [-0.15, -0.1) is 0 Å². The van der Waals surface area contributed by atoms with Gasteiger partial charge in [-0.3, -0.25) is 4.79 Å². The molecule has 0 amide bonds. The van der Waals surface area contributed by atoms with Gasteiger partial charge >= 0.3 is 5.97 Å². The van der Waals surface area contributed by atoms with Gasteiger partial charge in [0.25, 0.3) is 0 Å². The number of hydrogen-bond donors (Lipinski definition) is 1. The highest BCUT2D eigenvalue weighted by molar-refractivity contribution is 9.10. The molecule has 0 saturated heterocycles. The van der Waals surface area contributed by atoms with Crippen LogP contribution in [-0.2, 0) is 16.1 Å². The van der Waals surface area contributed by atoms with Crippen LogP contribution < -0.4 is 5.73 Å². The monoisotopic (exact) mass is 341 g/mol. The number of carbonyl (C=O) groups is 1. The molecule has 0 saturated carbocycles. The minimum atomic E-state index is -0.119. The number of halogens is 1. The molecule has 3 nitrogen and oxygen atoms in total. The first-order chi connectivity index (χ1) is 9.65. The summed E-state index contributed by atoms with van der Waals surface area (Å²) in [5, 5.41) is 0. The van der Waals surface area contributed by atoms with Gasteiger partial charge in [0.05, 0.1) is 0 Å².